The van der Waals surface area contributed by atoms with Gasteiger partial charge in [-0.25, -0.2) is 0 Å². The first-order valence-corrected chi connectivity index (χ1v) is 11.5. The molecule has 3 aromatic rings. The Bertz CT molecular complexity index is 902. The van der Waals surface area contributed by atoms with Gasteiger partial charge in [-0.3, -0.25) is 4.79 Å². The summed E-state index contributed by atoms with van der Waals surface area (Å²) in [6.45, 7) is 2.79. The van der Waals surface area contributed by atoms with Crippen molar-refractivity contribution in [3.05, 3.63) is 68.5 Å². The summed E-state index contributed by atoms with van der Waals surface area (Å²) in [5.74, 6) is 1.03. The largest absolute Gasteiger partial charge is 0.497 e. The molecule has 6 heteroatoms. The smallest absolute Gasteiger partial charge is 0.236 e. The number of carbonyl (C=O) groups is 1. The molecule has 0 bridgehead atoms. The van der Waals surface area contributed by atoms with E-state index in [4.69, 9.17) is 4.74 Å². The van der Waals surface area contributed by atoms with Gasteiger partial charge in [0.25, 0.3) is 0 Å². The summed E-state index contributed by atoms with van der Waals surface area (Å²) < 4.78 is 5.22. The van der Waals surface area contributed by atoms with Crippen LogP contribution in [0.25, 0.3) is 0 Å². The summed E-state index contributed by atoms with van der Waals surface area (Å²) in [7, 11) is 1.66. The molecule has 140 valence electrons. The van der Waals surface area contributed by atoms with E-state index in [0.717, 1.165) is 23.6 Å². The molecule has 0 saturated carbocycles. The molecule has 4 rings (SSSR count). The zero-order chi connectivity index (χ0) is 18.8. The fourth-order valence-electron chi connectivity index (χ4n) is 3.45. The number of rotatable bonds is 5. The van der Waals surface area contributed by atoms with Crippen molar-refractivity contribution in [1.82, 2.24) is 4.90 Å². The maximum atomic E-state index is 13.4. The van der Waals surface area contributed by atoms with Crippen LogP contribution in [-0.2, 0) is 11.2 Å². The number of thiophene rings is 2. The van der Waals surface area contributed by atoms with Gasteiger partial charge in [0, 0.05) is 21.2 Å². The molecule has 0 fully saturated rings. The van der Waals surface area contributed by atoms with Crippen LogP contribution >= 0.6 is 34.4 Å². The lowest BCUT2D eigenvalue weighted by Gasteiger charge is -2.37. The Hall–Kier alpha value is -1.76. The number of methoxy groups -OCH3 is 1. The van der Waals surface area contributed by atoms with Gasteiger partial charge in [-0.1, -0.05) is 6.07 Å². The molecule has 0 N–H and O–H groups in total. The number of amides is 1. The quantitative estimate of drug-likeness (QED) is 0.517. The first kappa shape index (κ1) is 18.6. The molecule has 0 saturated heterocycles. The van der Waals surface area contributed by atoms with E-state index in [-0.39, 0.29) is 17.2 Å². The Morgan fingerprint density at radius 1 is 1.19 bits per heavy atom. The van der Waals surface area contributed by atoms with Gasteiger partial charge in [-0.05, 0) is 66.1 Å². The van der Waals surface area contributed by atoms with Crippen molar-refractivity contribution >= 4 is 40.3 Å². The molecule has 0 radical (unpaired) electrons. The first-order valence-electron chi connectivity index (χ1n) is 8.88. The molecule has 27 heavy (non-hydrogen) atoms. The van der Waals surface area contributed by atoms with Crippen LogP contribution in [0.4, 0.5) is 0 Å². The highest BCUT2D eigenvalue weighted by Gasteiger charge is 2.35. The van der Waals surface area contributed by atoms with Crippen LogP contribution in [0.3, 0.4) is 0 Å². The molecule has 1 aliphatic rings. The molecule has 1 aliphatic heterocycles. The van der Waals surface area contributed by atoms with Crippen molar-refractivity contribution in [2.45, 2.75) is 29.5 Å². The number of thioether (sulfide) groups is 1. The number of carbonyl (C=O) groups excluding carboxylic acids is 1. The summed E-state index contributed by atoms with van der Waals surface area (Å²) in [5, 5.41) is 4.10. The van der Waals surface area contributed by atoms with Crippen LogP contribution in [0.15, 0.2) is 58.1 Å². The second kappa shape index (κ2) is 8.09. The highest BCUT2D eigenvalue weighted by molar-refractivity contribution is 8.00. The maximum Gasteiger partial charge on any atom is 0.236 e. The van der Waals surface area contributed by atoms with Crippen molar-refractivity contribution in [2.24, 2.45) is 0 Å². The lowest BCUT2D eigenvalue weighted by molar-refractivity contribution is -0.132. The summed E-state index contributed by atoms with van der Waals surface area (Å²) in [6.07, 6.45) is 0.945. The van der Waals surface area contributed by atoms with Crippen LogP contribution in [-0.4, -0.2) is 29.7 Å². The van der Waals surface area contributed by atoms with Gasteiger partial charge in [0.05, 0.1) is 18.4 Å². The Morgan fingerprint density at radius 3 is 2.70 bits per heavy atom. The summed E-state index contributed by atoms with van der Waals surface area (Å²) >= 11 is 5.14. The van der Waals surface area contributed by atoms with E-state index < -0.39 is 0 Å². The second-order valence-electron chi connectivity index (χ2n) is 6.43. The highest BCUT2D eigenvalue weighted by Crippen LogP contribution is 2.40. The zero-order valence-corrected chi connectivity index (χ0v) is 17.7. The van der Waals surface area contributed by atoms with Crippen LogP contribution in [0, 0.1) is 0 Å². The highest BCUT2D eigenvalue weighted by atomic mass is 32.2. The minimum atomic E-state index is -0.138. The van der Waals surface area contributed by atoms with E-state index in [1.807, 2.05) is 31.2 Å². The third-order valence-corrected chi connectivity index (χ3v) is 7.80. The summed E-state index contributed by atoms with van der Waals surface area (Å²) in [6, 6.07) is 14.3. The Balaban J connectivity index is 1.56. The topological polar surface area (TPSA) is 29.5 Å². The Kier molecular flexibility index (Phi) is 5.57. The first-order chi connectivity index (χ1) is 13.2. The van der Waals surface area contributed by atoms with Gasteiger partial charge in [0.2, 0.25) is 5.91 Å². The lowest BCUT2D eigenvalue weighted by atomic mass is 9.98. The van der Waals surface area contributed by atoms with E-state index >= 15 is 0 Å². The van der Waals surface area contributed by atoms with E-state index in [1.165, 1.54) is 15.3 Å². The van der Waals surface area contributed by atoms with Crippen molar-refractivity contribution in [2.75, 3.05) is 13.7 Å². The van der Waals surface area contributed by atoms with Gasteiger partial charge < -0.3 is 9.64 Å². The molecule has 0 aliphatic carbocycles. The predicted octanol–water partition coefficient (Wildman–Crippen LogP) is 5.47. The second-order valence-corrected chi connectivity index (χ2v) is 9.83. The average Bonchev–Trinajstić information content (AvgIpc) is 3.39. The van der Waals surface area contributed by atoms with Gasteiger partial charge in [0.1, 0.15) is 5.75 Å². The Labute approximate surface area is 172 Å². The number of hydrogen-bond acceptors (Lipinski definition) is 5. The van der Waals surface area contributed by atoms with E-state index in [9.17, 15) is 4.79 Å². The maximum absolute atomic E-state index is 13.4. The Morgan fingerprint density at radius 2 is 2.00 bits per heavy atom. The lowest BCUT2D eigenvalue weighted by Crippen LogP contribution is -2.43. The molecule has 0 spiro atoms. The molecule has 3 heterocycles. The molecule has 2 aromatic heterocycles. The molecule has 1 amide bonds. The normalized spacial score (nSPS) is 17.4. The van der Waals surface area contributed by atoms with Gasteiger partial charge >= 0.3 is 0 Å². The fourth-order valence-corrected chi connectivity index (χ4v) is 6.15. The average molecular weight is 416 g/mol. The van der Waals surface area contributed by atoms with Crippen LogP contribution in [0.5, 0.6) is 5.75 Å². The molecule has 1 aromatic carbocycles. The molecular formula is C21H21NO2S3. The molecule has 2 unspecified atom stereocenters. The summed E-state index contributed by atoms with van der Waals surface area (Å²) in [4.78, 5) is 19.2. The minimum absolute atomic E-state index is 0.0476. The van der Waals surface area contributed by atoms with Crippen molar-refractivity contribution < 1.29 is 9.53 Å². The van der Waals surface area contributed by atoms with Gasteiger partial charge in [0.15, 0.2) is 0 Å². The number of hydrogen-bond donors (Lipinski definition) is 0. The van der Waals surface area contributed by atoms with E-state index in [1.54, 1.807) is 41.5 Å². The monoisotopic (exact) mass is 415 g/mol. The number of ether oxygens (including phenoxy) is 1. The van der Waals surface area contributed by atoms with Crippen LogP contribution < -0.4 is 4.74 Å². The SMILES string of the molecule is COc1ccc(SC(C)C(=O)N2CCc3sccc3C2c2cccs2)cc1. The number of fused-ring (bicyclic) bond motifs is 1. The van der Waals surface area contributed by atoms with Gasteiger partial charge in [-0.15, -0.1) is 34.4 Å². The van der Waals surface area contributed by atoms with Crippen molar-refractivity contribution in [3.63, 3.8) is 0 Å². The van der Waals surface area contributed by atoms with Gasteiger partial charge in [-0.2, -0.15) is 0 Å². The minimum Gasteiger partial charge on any atom is -0.497 e. The van der Waals surface area contributed by atoms with Crippen molar-refractivity contribution in [3.8, 4) is 5.75 Å². The third-order valence-electron chi connectivity index (χ3n) is 4.78. The van der Waals surface area contributed by atoms with Crippen molar-refractivity contribution in [1.29, 1.82) is 0 Å². The van der Waals surface area contributed by atoms with E-state index in [0.29, 0.717) is 0 Å². The predicted molar refractivity (Wildman–Crippen MR) is 114 cm³/mol. The molecular weight excluding hydrogens is 394 g/mol. The standard InChI is InChI=1S/C21H21NO2S3/c1-14(27-16-7-5-15(24-2)6-8-16)21(23)22-11-9-18-17(10-13-26-18)20(22)19-4-3-12-25-19/h3-8,10,12-14,20H,9,11H2,1-2H3. The molecule has 2 atom stereocenters. The summed E-state index contributed by atoms with van der Waals surface area (Å²) in [5.41, 5.74) is 1.30. The van der Waals surface area contributed by atoms with Crippen LogP contribution in [0.1, 0.15) is 28.3 Å². The molecule has 3 nitrogen and oxygen atoms in total. The van der Waals surface area contributed by atoms with Crippen LogP contribution in [0.2, 0.25) is 0 Å². The number of benzene rings is 1. The third kappa shape index (κ3) is 3.79. The van der Waals surface area contributed by atoms with E-state index in [2.05, 4.69) is 33.9 Å². The fraction of sp³-hybridized carbons (Fsp3) is 0.286. The number of nitrogens with zero attached hydrogens (tertiary/aromatic N) is 1. The zero-order valence-electron chi connectivity index (χ0n) is 15.3.